The van der Waals surface area contributed by atoms with Crippen molar-refractivity contribution in [3.63, 3.8) is 0 Å². The molecular formula is C26H28N4O4. The van der Waals surface area contributed by atoms with Gasteiger partial charge in [0.2, 0.25) is 0 Å². The Bertz CT molecular complexity index is 1200. The summed E-state index contributed by atoms with van der Waals surface area (Å²) in [5.41, 5.74) is 11.0. The van der Waals surface area contributed by atoms with Crippen molar-refractivity contribution >= 4 is 17.6 Å². The van der Waals surface area contributed by atoms with Crippen molar-refractivity contribution in [2.75, 3.05) is 25.6 Å². The van der Waals surface area contributed by atoms with Gasteiger partial charge >= 0.3 is 5.97 Å². The molecule has 0 saturated carbocycles. The van der Waals surface area contributed by atoms with Gasteiger partial charge in [0.25, 0.3) is 5.91 Å². The van der Waals surface area contributed by atoms with Gasteiger partial charge < -0.3 is 20.5 Å². The molecule has 34 heavy (non-hydrogen) atoms. The third-order valence-corrected chi connectivity index (χ3v) is 5.72. The zero-order valence-electron chi connectivity index (χ0n) is 19.2. The third kappa shape index (κ3) is 5.47. The predicted molar refractivity (Wildman–Crippen MR) is 128 cm³/mol. The second-order valence-electron chi connectivity index (χ2n) is 8.08. The standard InChI is InChI=1S/C26H28N4O4/c1-33-12-13-34-23(31)15-18-7-2-3-10-21(18)29-26(32)24-20-9-5-11-22(20)28-25(30-24)19-8-4-6-17(14-19)16-27/h2-4,6-8,10,14H,5,9,11-13,15-16,27H2,1H3,(H,29,32). The maximum Gasteiger partial charge on any atom is 0.310 e. The molecule has 0 unspecified atom stereocenters. The number of para-hydroxylation sites is 1. The molecule has 1 aliphatic carbocycles. The van der Waals surface area contributed by atoms with Crippen LogP contribution in [0.15, 0.2) is 48.5 Å². The zero-order chi connectivity index (χ0) is 23.9. The van der Waals surface area contributed by atoms with Crippen LogP contribution >= 0.6 is 0 Å². The second-order valence-corrected chi connectivity index (χ2v) is 8.08. The van der Waals surface area contributed by atoms with E-state index in [1.165, 1.54) is 0 Å². The van der Waals surface area contributed by atoms with Gasteiger partial charge in [0, 0.05) is 36.2 Å². The smallest absolute Gasteiger partial charge is 0.310 e. The van der Waals surface area contributed by atoms with Crippen molar-refractivity contribution in [2.24, 2.45) is 5.73 Å². The summed E-state index contributed by atoms with van der Waals surface area (Å²) >= 11 is 0. The summed E-state index contributed by atoms with van der Waals surface area (Å²) in [4.78, 5) is 35.0. The fourth-order valence-corrected chi connectivity index (χ4v) is 4.01. The number of methoxy groups -OCH3 is 1. The number of nitrogens with zero attached hydrogens (tertiary/aromatic N) is 2. The molecule has 8 nitrogen and oxygen atoms in total. The molecule has 0 bridgehead atoms. The predicted octanol–water partition coefficient (Wildman–Crippen LogP) is 3.08. The van der Waals surface area contributed by atoms with Gasteiger partial charge in [-0.25, -0.2) is 9.97 Å². The number of esters is 1. The quantitative estimate of drug-likeness (QED) is 0.372. The first-order chi connectivity index (χ1) is 16.6. The summed E-state index contributed by atoms with van der Waals surface area (Å²) < 4.78 is 10.1. The van der Waals surface area contributed by atoms with Gasteiger partial charge in [-0.2, -0.15) is 0 Å². The van der Waals surface area contributed by atoms with E-state index >= 15 is 0 Å². The van der Waals surface area contributed by atoms with E-state index in [0.29, 0.717) is 35.9 Å². The molecule has 176 valence electrons. The summed E-state index contributed by atoms with van der Waals surface area (Å²) in [6, 6.07) is 14.9. The maximum atomic E-state index is 13.4. The van der Waals surface area contributed by atoms with E-state index < -0.39 is 0 Å². The van der Waals surface area contributed by atoms with Crippen molar-refractivity contribution in [2.45, 2.75) is 32.2 Å². The van der Waals surface area contributed by atoms with Gasteiger partial charge in [-0.1, -0.05) is 36.4 Å². The number of fused-ring (bicyclic) bond motifs is 1. The first kappa shape index (κ1) is 23.5. The third-order valence-electron chi connectivity index (χ3n) is 5.72. The fraction of sp³-hybridized carbons (Fsp3) is 0.308. The first-order valence-corrected chi connectivity index (χ1v) is 11.3. The Hall–Kier alpha value is -3.62. The highest BCUT2D eigenvalue weighted by molar-refractivity contribution is 6.05. The van der Waals surface area contributed by atoms with Crippen molar-refractivity contribution in [3.8, 4) is 11.4 Å². The molecule has 4 rings (SSSR count). The number of carbonyl (C=O) groups excluding carboxylic acids is 2. The topological polar surface area (TPSA) is 116 Å². The van der Waals surface area contributed by atoms with Crippen LogP contribution in [0.25, 0.3) is 11.4 Å². The Labute approximate surface area is 198 Å². The SMILES string of the molecule is COCCOC(=O)Cc1ccccc1NC(=O)c1nc(-c2cccc(CN)c2)nc2c1CCC2. The van der Waals surface area contributed by atoms with Gasteiger partial charge in [-0.15, -0.1) is 0 Å². The van der Waals surface area contributed by atoms with Crippen molar-refractivity contribution < 1.29 is 19.1 Å². The van der Waals surface area contributed by atoms with E-state index in [1.54, 1.807) is 19.2 Å². The lowest BCUT2D eigenvalue weighted by Crippen LogP contribution is -2.19. The number of aryl methyl sites for hydroxylation is 1. The molecule has 3 aromatic rings. The van der Waals surface area contributed by atoms with E-state index in [-0.39, 0.29) is 24.9 Å². The van der Waals surface area contributed by atoms with Gasteiger partial charge in [0.15, 0.2) is 5.82 Å². The molecular weight excluding hydrogens is 432 g/mol. The number of nitrogens with two attached hydrogens (primary N) is 1. The van der Waals surface area contributed by atoms with E-state index in [9.17, 15) is 9.59 Å². The monoisotopic (exact) mass is 460 g/mol. The number of nitrogens with one attached hydrogen (secondary N) is 1. The molecule has 1 aliphatic rings. The number of benzene rings is 2. The number of rotatable bonds is 9. The van der Waals surface area contributed by atoms with Crippen LogP contribution in [-0.2, 0) is 40.1 Å². The van der Waals surface area contributed by atoms with E-state index in [0.717, 1.165) is 41.6 Å². The van der Waals surface area contributed by atoms with Gasteiger partial charge in [-0.3, -0.25) is 9.59 Å². The van der Waals surface area contributed by atoms with Crippen LogP contribution in [0.3, 0.4) is 0 Å². The molecule has 1 aromatic heterocycles. The molecule has 0 aliphatic heterocycles. The lowest BCUT2D eigenvalue weighted by atomic mass is 10.1. The first-order valence-electron chi connectivity index (χ1n) is 11.3. The highest BCUT2D eigenvalue weighted by atomic mass is 16.6. The average molecular weight is 461 g/mol. The second kappa shape index (κ2) is 11.0. The van der Waals surface area contributed by atoms with E-state index in [4.69, 9.17) is 20.2 Å². The lowest BCUT2D eigenvalue weighted by Gasteiger charge is -2.14. The molecule has 3 N–H and O–H groups in total. The van der Waals surface area contributed by atoms with Crippen molar-refractivity contribution in [1.29, 1.82) is 0 Å². The molecule has 2 aromatic carbocycles. The Balaban J connectivity index is 1.59. The van der Waals surface area contributed by atoms with Crippen LogP contribution in [0.2, 0.25) is 0 Å². The zero-order valence-corrected chi connectivity index (χ0v) is 19.2. The molecule has 1 heterocycles. The molecule has 0 saturated heterocycles. The minimum atomic E-state index is -0.385. The number of amides is 1. The molecule has 1 amide bonds. The van der Waals surface area contributed by atoms with Crippen LogP contribution in [0.1, 0.15) is 39.3 Å². The van der Waals surface area contributed by atoms with Crippen LogP contribution < -0.4 is 11.1 Å². The summed E-state index contributed by atoms with van der Waals surface area (Å²) in [6.45, 7) is 0.932. The number of anilines is 1. The highest BCUT2D eigenvalue weighted by Crippen LogP contribution is 2.28. The molecule has 8 heteroatoms. The lowest BCUT2D eigenvalue weighted by molar-refractivity contribution is -0.144. The highest BCUT2D eigenvalue weighted by Gasteiger charge is 2.24. The van der Waals surface area contributed by atoms with Gasteiger partial charge in [-0.05, 0) is 42.5 Å². The average Bonchev–Trinajstić information content (AvgIpc) is 3.33. The minimum absolute atomic E-state index is 0.0409. The molecule has 0 fully saturated rings. The Morgan fingerprint density at radius 3 is 2.74 bits per heavy atom. The van der Waals surface area contributed by atoms with Crippen LogP contribution in [0.5, 0.6) is 0 Å². The Kier molecular flexibility index (Phi) is 7.61. The largest absolute Gasteiger partial charge is 0.463 e. The minimum Gasteiger partial charge on any atom is -0.463 e. The fourth-order valence-electron chi connectivity index (χ4n) is 4.01. The van der Waals surface area contributed by atoms with Crippen LogP contribution in [-0.4, -0.2) is 42.2 Å². The molecule has 0 spiro atoms. The Morgan fingerprint density at radius 2 is 1.91 bits per heavy atom. The maximum absolute atomic E-state index is 13.4. The van der Waals surface area contributed by atoms with E-state index in [1.807, 2.05) is 36.4 Å². The summed E-state index contributed by atoms with van der Waals surface area (Å²) in [7, 11) is 1.54. The number of hydrogen-bond acceptors (Lipinski definition) is 7. The van der Waals surface area contributed by atoms with Gasteiger partial charge in [0.1, 0.15) is 12.3 Å². The number of aromatic nitrogens is 2. The number of ether oxygens (including phenoxy) is 2. The van der Waals surface area contributed by atoms with Crippen LogP contribution in [0, 0.1) is 0 Å². The molecule has 0 radical (unpaired) electrons. The van der Waals surface area contributed by atoms with Crippen LogP contribution in [0.4, 0.5) is 5.69 Å². The number of hydrogen-bond donors (Lipinski definition) is 2. The normalized spacial score (nSPS) is 12.3. The summed E-state index contributed by atoms with van der Waals surface area (Å²) in [5, 5.41) is 2.95. The summed E-state index contributed by atoms with van der Waals surface area (Å²) in [6.07, 6.45) is 2.54. The Morgan fingerprint density at radius 1 is 1.06 bits per heavy atom. The van der Waals surface area contributed by atoms with Crippen molar-refractivity contribution in [1.82, 2.24) is 9.97 Å². The van der Waals surface area contributed by atoms with E-state index in [2.05, 4.69) is 10.3 Å². The molecule has 0 atom stereocenters. The van der Waals surface area contributed by atoms with Gasteiger partial charge in [0.05, 0.1) is 13.0 Å². The number of carbonyl (C=O) groups is 2. The van der Waals surface area contributed by atoms with Crippen molar-refractivity contribution in [3.05, 3.63) is 76.6 Å². The summed E-state index contributed by atoms with van der Waals surface area (Å²) in [5.74, 6) is -0.197.